The molecule has 0 bridgehead atoms. The van der Waals surface area contributed by atoms with E-state index in [1.54, 1.807) is 12.5 Å². The highest BCUT2D eigenvalue weighted by Crippen LogP contribution is 2.28. The van der Waals surface area contributed by atoms with Gasteiger partial charge in [-0.05, 0) is 19.9 Å². The van der Waals surface area contributed by atoms with Crippen LogP contribution in [0.2, 0.25) is 0 Å². The van der Waals surface area contributed by atoms with Crippen LogP contribution in [0.5, 0.6) is 0 Å². The van der Waals surface area contributed by atoms with Gasteiger partial charge < -0.3 is 19.3 Å². The lowest BCUT2D eigenvalue weighted by atomic mass is 10.1. The molecule has 0 aliphatic carbocycles. The zero-order chi connectivity index (χ0) is 14.3. The van der Waals surface area contributed by atoms with Crippen molar-refractivity contribution in [2.75, 3.05) is 24.6 Å². The van der Waals surface area contributed by atoms with Gasteiger partial charge in [0.05, 0.1) is 30.2 Å². The van der Waals surface area contributed by atoms with Gasteiger partial charge in [-0.25, -0.2) is 9.97 Å². The largest absolute Gasteiger partial charge is 0.394 e. The van der Waals surface area contributed by atoms with E-state index in [0.29, 0.717) is 6.54 Å². The van der Waals surface area contributed by atoms with E-state index < -0.39 is 0 Å². The van der Waals surface area contributed by atoms with Crippen molar-refractivity contribution in [2.24, 2.45) is 7.05 Å². The first-order chi connectivity index (χ1) is 9.50. The third kappa shape index (κ3) is 2.25. The summed E-state index contributed by atoms with van der Waals surface area (Å²) in [4.78, 5) is 11.1. The van der Waals surface area contributed by atoms with Crippen molar-refractivity contribution in [2.45, 2.75) is 25.6 Å². The highest BCUT2D eigenvalue weighted by molar-refractivity contribution is 5.86. The number of nitrogens with zero attached hydrogens (tertiary/aromatic N) is 4. The lowest BCUT2D eigenvalue weighted by Crippen LogP contribution is -2.54. The van der Waals surface area contributed by atoms with Crippen LogP contribution < -0.4 is 4.90 Å². The number of aromatic nitrogens is 3. The summed E-state index contributed by atoms with van der Waals surface area (Å²) >= 11 is 0. The molecule has 0 saturated carbocycles. The Morgan fingerprint density at radius 1 is 1.45 bits per heavy atom. The Kier molecular flexibility index (Phi) is 3.14. The summed E-state index contributed by atoms with van der Waals surface area (Å²) in [6.45, 7) is 5.42. The summed E-state index contributed by atoms with van der Waals surface area (Å²) in [6.07, 6.45) is 3.40. The van der Waals surface area contributed by atoms with Crippen molar-refractivity contribution < 1.29 is 9.84 Å². The Bertz CT molecular complexity index is 623. The number of rotatable bonds is 2. The van der Waals surface area contributed by atoms with Gasteiger partial charge in [-0.3, -0.25) is 0 Å². The average Bonchev–Trinajstić information content (AvgIpc) is 2.79. The van der Waals surface area contributed by atoms with Crippen molar-refractivity contribution in [3.05, 3.63) is 18.6 Å². The highest BCUT2D eigenvalue weighted by Gasteiger charge is 2.34. The smallest absolute Gasteiger partial charge is 0.156 e. The molecule has 1 fully saturated rings. The topological polar surface area (TPSA) is 63.4 Å². The third-order valence-electron chi connectivity index (χ3n) is 3.61. The van der Waals surface area contributed by atoms with Crippen LogP contribution in [0.3, 0.4) is 0 Å². The summed E-state index contributed by atoms with van der Waals surface area (Å²) in [5.41, 5.74) is 1.63. The molecule has 0 amide bonds. The SMILES string of the molecule is Cn1cnc2c(N3CC(CO)OC(C)(C)C3)nccc21. The fourth-order valence-corrected chi connectivity index (χ4v) is 2.83. The second-order valence-electron chi connectivity index (χ2n) is 5.92. The molecule has 6 nitrogen and oxygen atoms in total. The first-order valence-corrected chi connectivity index (χ1v) is 6.80. The van der Waals surface area contributed by atoms with E-state index in [9.17, 15) is 5.11 Å². The number of hydrogen-bond donors (Lipinski definition) is 1. The molecule has 1 unspecified atom stereocenters. The minimum atomic E-state index is -0.315. The second-order valence-corrected chi connectivity index (χ2v) is 5.92. The molecule has 1 aliphatic rings. The number of hydrogen-bond acceptors (Lipinski definition) is 5. The summed E-state index contributed by atoms with van der Waals surface area (Å²) in [5.74, 6) is 0.859. The van der Waals surface area contributed by atoms with Crippen LogP contribution in [-0.4, -0.2) is 51.0 Å². The van der Waals surface area contributed by atoms with Crippen LogP contribution in [0.15, 0.2) is 18.6 Å². The van der Waals surface area contributed by atoms with Crippen LogP contribution in [0.25, 0.3) is 11.0 Å². The van der Waals surface area contributed by atoms with Gasteiger partial charge in [-0.2, -0.15) is 0 Å². The van der Waals surface area contributed by atoms with E-state index in [4.69, 9.17) is 4.74 Å². The Morgan fingerprint density at radius 3 is 3.00 bits per heavy atom. The van der Waals surface area contributed by atoms with Gasteiger partial charge in [0.2, 0.25) is 0 Å². The maximum Gasteiger partial charge on any atom is 0.156 e. The molecule has 3 heterocycles. The number of aryl methyl sites for hydroxylation is 1. The fourth-order valence-electron chi connectivity index (χ4n) is 2.83. The minimum Gasteiger partial charge on any atom is -0.394 e. The predicted octanol–water partition coefficient (Wildman–Crippen LogP) is 0.944. The molecule has 1 N–H and O–H groups in total. The van der Waals surface area contributed by atoms with Gasteiger partial charge in [0.25, 0.3) is 0 Å². The van der Waals surface area contributed by atoms with Gasteiger partial charge >= 0.3 is 0 Å². The highest BCUT2D eigenvalue weighted by atomic mass is 16.5. The molecule has 3 rings (SSSR count). The van der Waals surface area contributed by atoms with E-state index in [1.165, 1.54) is 0 Å². The van der Waals surface area contributed by atoms with Crippen molar-refractivity contribution in [1.29, 1.82) is 0 Å². The summed E-state index contributed by atoms with van der Waals surface area (Å²) in [5, 5.41) is 9.41. The number of aliphatic hydroxyl groups is 1. The van der Waals surface area contributed by atoms with E-state index in [-0.39, 0.29) is 18.3 Å². The molecule has 6 heteroatoms. The van der Waals surface area contributed by atoms with Crippen molar-refractivity contribution in [3.8, 4) is 0 Å². The number of pyridine rings is 1. The van der Waals surface area contributed by atoms with E-state index in [1.807, 2.05) is 31.5 Å². The molecule has 20 heavy (non-hydrogen) atoms. The normalized spacial score (nSPS) is 22.4. The van der Waals surface area contributed by atoms with Crippen molar-refractivity contribution in [3.63, 3.8) is 0 Å². The van der Waals surface area contributed by atoms with Crippen LogP contribution in [0, 0.1) is 0 Å². The number of anilines is 1. The van der Waals surface area contributed by atoms with E-state index in [2.05, 4.69) is 14.9 Å². The Balaban J connectivity index is 2.01. The number of ether oxygens (including phenoxy) is 1. The molecule has 108 valence electrons. The molecule has 0 aromatic carbocycles. The van der Waals surface area contributed by atoms with Crippen molar-refractivity contribution in [1.82, 2.24) is 14.5 Å². The molecule has 1 aliphatic heterocycles. The molecule has 2 aromatic rings. The van der Waals surface area contributed by atoms with Gasteiger partial charge in [0.15, 0.2) is 5.82 Å². The molecule has 1 saturated heterocycles. The van der Waals surface area contributed by atoms with Gasteiger partial charge in [-0.15, -0.1) is 0 Å². The van der Waals surface area contributed by atoms with Crippen LogP contribution in [0.4, 0.5) is 5.82 Å². The number of aliphatic hydroxyl groups excluding tert-OH is 1. The standard InChI is InChI=1S/C14H20N4O2/c1-14(2)8-18(6-10(7-19)20-14)13-12-11(4-5-15-13)17(3)9-16-12/h4-5,9-10,19H,6-8H2,1-3H3. The van der Waals surface area contributed by atoms with Gasteiger partial charge in [0.1, 0.15) is 5.52 Å². The fraction of sp³-hybridized carbons (Fsp3) is 0.571. The Morgan fingerprint density at radius 2 is 2.25 bits per heavy atom. The molecular formula is C14H20N4O2. The van der Waals surface area contributed by atoms with Gasteiger partial charge in [0, 0.05) is 26.3 Å². The number of morpholine rings is 1. The molecule has 0 spiro atoms. The molecule has 1 atom stereocenters. The Labute approximate surface area is 118 Å². The van der Waals surface area contributed by atoms with Crippen molar-refractivity contribution >= 4 is 16.9 Å². The van der Waals surface area contributed by atoms with Gasteiger partial charge in [-0.1, -0.05) is 0 Å². The first-order valence-electron chi connectivity index (χ1n) is 6.80. The number of fused-ring (bicyclic) bond motifs is 1. The summed E-state index contributed by atoms with van der Waals surface area (Å²) in [7, 11) is 1.97. The van der Waals surface area contributed by atoms with Crippen LogP contribution >= 0.6 is 0 Å². The Hall–Kier alpha value is -1.66. The third-order valence-corrected chi connectivity index (χ3v) is 3.61. The second kappa shape index (κ2) is 4.71. The summed E-state index contributed by atoms with van der Waals surface area (Å²) in [6, 6.07) is 1.96. The zero-order valence-electron chi connectivity index (χ0n) is 12.1. The predicted molar refractivity (Wildman–Crippen MR) is 76.8 cm³/mol. The summed E-state index contributed by atoms with van der Waals surface area (Å²) < 4.78 is 7.83. The molecular weight excluding hydrogens is 256 g/mol. The lowest BCUT2D eigenvalue weighted by Gasteiger charge is -2.42. The van der Waals surface area contributed by atoms with Crippen LogP contribution in [0.1, 0.15) is 13.8 Å². The maximum absolute atomic E-state index is 9.41. The quantitative estimate of drug-likeness (QED) is 0.884. The minimum absolute atomic E-state index is 0.0120. The molecule has 2 aromatic heterocycles. The monoisotopic (exact) mass is 276 g/mol. The van der Waals surface area contributed by atoms with E-state index >= 15 is 0 Å². The zero-order valence-corrected chi connectivity index (χ0v) is 12.1. The van der Waals surface area contributed by atoms with Crippen LogP contribution in [-0.2, 0) is 11.8 Å². The van der Waals surface area contributed by atoms with E-state index in [0.717, 1.165) is 23.4 Å². The first kappa shape index (κ1) is 13.3. The average molecular weight is 276 g/mol. The number of imidazole rings is 1. The lowest BCUT2D eigenvalue weighted by molar-refractivity contribution is -0.101. The maximum atomic E-state index is 9.41. The molecule has 0 radical (unpaired) electrons.